The van der Waals surface area contributed by atoms with Crippen LogP contribution in [0.4, 0.5) is 0 Å². The Kier molecular flexibility index (Phi) is 5.18. The maximum Gasteiger partial charge on any atom is 0.0256 e. The van der Waals surface area contributed by atoms with Gasteiger partial charge in [0.1, 0.15) is 0 Å². The van der Waals surface area contributed by atoms with Gasteiger partial charge in [0.15, 0.2) is 0 Å². The van der Waals surface area contributed by atoms with Crippen molar-refractivity contribution in [1.29, 1.82) is 0 Å². The van der Waals surface area contributed by atoms with Gasteiger partial charge in [-0.05, 0) is 38.5 Å². The van der Waals surface area contributed by atoms with Gasteiger partial charge in [-0.2, -0.15) is 11.8 Å². The monoisotopic (exact) mass is 201 g/mol. The van der Waals surface area contributed by atoms with Crippen LogP contribution in [0.25, 0.3) is 0 Å². The van der Waals surface area contributed by atoms with Crippen LogP contribution in [-0.2, 0) is 0 Å². The molecule has 1 atom stereocenters. The van der Waals surface area contributed by atoms with Gasteiger partial charge in [-0.1, -0.05) is 19.8 Å². The summed E-state index contributed by atoms with van der Waals surface area (Å²) in [5.74, 6) is 1.37. The van der Waals surface area contributed by atoms with Gasteiger partial charge in [-0.3, -0.25) is 0 Å². The molecule has 0 aromatic carbocycles. The molecule has 0 amide bonds. The van der Waals surface area contributed by atoms with Crippen molar-refractivity contribution >= 4 is 11.8 Å². The predicted octanol–water partition coefficient (Wildman–Crippen LogP) is 3.05. The highest BCUT2D eigenvalue weighted by Crippen LogP contribution is 2.36. The summed E-state index contributed by atoms with van der Waals surface area (Å²) in [4.78, 5) is 0. The zero-order valence-corrected chi connectivity index (χ0v) is 9.88. The first-order valence-electron chi connectivity index (χ1n) is 5.61. The highest BCUT2D eigenvalue weighted by molar-refractivity contribution is 8.00. The number of hydrogen-bond donors (Lipinski definition) is 1. The van der Waals surface area contributed by atoms with Crippen molar-refractivity contribution in [3.05, 3.63) is 0 Å². The Hall–Kier alpha value is 0.310. The molecule has 1 nitrogen and oxygen atoms in total. The minimum Gasteiger partial charge on any atom is -0.315 e. The second-order valence-corrected chi connectivity index (χ2v) is 5.97. The van der Waals surface area contributed by atoms with Gasteiger partial charge in [0, 0.05) is 11.3 Å². The fourth-order valence-corrected chi connectivity index (χ4v) is 3.10. The summed E-state index contributed by atoms with van der Waals surface area (Å²) in [5, 5.41) is 3.58. The number of nitrogens with one attached hydrogen (secondary N) is 1. The molecule has 1 aliphatic rings. The summed E-state index contributed by atoms with van der Waals surface area (Å²) in [5.41, 5.74) is 0. The van der Waals surface area contributed by atoms with Crippen LogP contribution in [0.3, 0.4) is 0 Å². The van der Waals surface area contributed by atoms with E-state index in [-0.39, 0.29) is 0 Å². The SMILES string of the molecule is CCCCCNCC1(C)CCCS1. The third kappa shape index (κ3) is 4.37. The fraction of sp³-hybridized carbons (Fsp3) is 1.00. The van der Waals surface area contributed by atoms with Crippen molar-refractivity contribution in [2.24, 2.45) is 0 Å². The molecule has 1 unspecified atom stereocenters. The van der Waals surface area contributed by atoms with E-state index in [0.717, 1.165) is 0 Å². The molecular weight excluding hydrogens is 178 g/mol. The lowest BCUT2D eigenvalue weighted by Gasteiger charge is -2.22. The number of hydrogen-bond acceptors (Lipinski definition) is 2. The molecule has 1 heterocycles. The second-order valence-electron chi connectivity index (χ2n) is 4.29. The quantitative estimate of drug-likeness (QED) is 0.663. The van der Waals surface area contributed by atoms with Crippen LogP contribution in [0.2, 0.25) is 0 Å². The topological polar surface area (TPSA) is 12.0 Å². The van der Waals surface area contributed by atoms with Gasteiger partial charge >= 0.3 is 0 Å². The zero-order chi connectivity index (χ0) is 9.57. The summed E-state index contributed by atoms with van der Waals surface area (Å²) in [7, 11) is 0. The van der Waals surface area contributed by atoms with E-state index < -0.39 is 0 Å². The molecule has 1 saturated heterocycles. The van der Waals surface area contributed by atoms with Crippen LogP contribution in [-0.4, -0.2) is 23.6 Å². The molecule has 0 aromatic rings. The average Bonchev–Trinajstić information content (AvgIpc) is 2.53. The molecule has 0 spiro atoms. The molecule has 78 valence electrons. The maximum atomic E-state index is 3.58. The Morgan fingerprint density at radius 2 is 2.23 bits per heavy atom. The van der Waals surface area contributed by atoms with Crippen LogP contribution >= 0.6 is 11.8 Å². The summed E-state index contributed by atoms with van der Waals surface area (Å²) in [6.07, 6.45) is 6.86. The highest BCUT2D eigenvalue weighted by Gasteiger charge is 2.28. The highest BCUT2D eigenvalue weighted by atomic mass is 32.2. The molecule has 0 saturated carbocycles. The van der Waals surface area contributed by atoms with Gasteiger partial charge in [0.05, 0.1) is 0 Å². The lowest BCUT2D eigenvalue weighted by atomic mass is 10.1. The van der Waals surface area contributed by atoms with E-state index in [1.165, 1.54) is 50.9 Å². The van der Waals surface area contributed by atoms with Crippen molar-refractivity contribution in [2.45, 2.75) is 50.7 Å². The minimum absolute atomic E-state index is 0.548. The maximum absolute atomic E-state index is 3.58. The van der Waals surface area contributed by atoms with E-state index in [1.807, 2.05) is 0 Å². The number of unbranched alkanes of at least 4 members (excludes halogenated alkanes) is 2. The smallest absolute Gasteiger partial charge is 0.0256 e. The third-order valence-electron chi connectivity index (χ3n) is 2.76. The predicted molar refractivity (Wildman–Crippen MR) is 62.5 cm³/mol. The Bertz CT molecular complexity index is 130. The summed E-state index contributed by atoms with van der Waals surface area (Å²) in [6.45, 7) is 7.08. The van der Waals surface area contributed by atoms with Gasteiger partial charge in [-0.15, -0.1) is 0 Å². The first-order chi connectivity index (χ1) is 6.27. The lowest BCUT2D eigenvalue weighted by Crippen LogP contribution is -2.33. The van der Waals surface area contributed by atoms with Crippen molar-refractivity contribution < 1.29 is 0 Å². The van der Waals surface area contributed by atoms with Crippen molar-refractivity contribution in [3.63, 3.8) is 0 Å². The number of thioether (sulfide) groups is 1. The lowest BCUT2D eigenvalue weighted by molar-refractivity contribution is 0.523. The normalized spacial score (nSPS) is 28.2. The van der Waals surface area contributed by atoms with E-state index >= 15 is 0 Å². The molecule has 0 radical (unpaired) electrons. The summed E-state index contributed by atoms with van der Waals surface area (Å²) in [6, 6.07) is 0. The first kappa shape index (κ1) is 11.4. The van der Waals surface area contributed by atoms with Gasteiger partial charge in [0.25, 0.3) is 0 Å². The van der Waals surface area contributed by atoms with Crippen molar-refractivity contribution in [2.75, 3.05) is 18.8 Å². The van der Waals surface area contributed by atoms with Crippen LogP contribution < -0.4 is 5.32 Å². The van der Waals surface area contributed by atoms with Gasteiger partial charge < -0.3 is 5.32 Å². The first-order valence-corrected chi connectivity index (χ1v) is 6.60. The molecule has 1 fully saturated rings. The molecule has 0 bridgehead atoms. The van der Waals surface area contributed by atoms with Crippen molar-refractivity contribution in [3.8, 4) is 0 Å². The standard InChI is InChI=1S/C11H23NS/c1-3-4-5-8-12-10-11(2)7-6-9-13-11/h12H,3-10H2,1-2H3. The third-order valence-corrected chi connectivity index (χ3v) is 4.29. The van der Waals surface area contributed by atoms with E-state index in [4.69, 9.17) is 0 Å². The molecular formula is C11H23NS. The van der Waals surface area contributed by atoms with Gasteiger partial charge in [-0.25, -0.2) is 0 Å². The zero-order valence-electron chi connectivity index (χ0n) is 9.07. The molecule has 2 heteroatoms. The van der Waals surface area contributed by atoms with E-state index in [1.54, 1.807) is 0 Å². The molecule has 1 rings (SSSR count). The number of rotatable bonds is 6. The summed E-state index contributed by atoms with van der Waals surface area (Å²) >= 11 is 2.15. The molecule has 1 aliphatic heterocycles. The average molecular weight is 201 g/mol. The van der Waals surface area contributed by atoms with Crippen LogP contribution in [0.15, 0.2) is 0 Å². The molecule has 0 aromatic heterocycles. The molecule has 13 heavy (non-hydrogen) atoms. The Labute approximate surface area is 87.1 Å². The molecule has 0 aliphatic carbocycles. The van der Waals surface area contributed by atoms with E-state index in [2.05, 4.69) is 30.9 Å². The Morgan fingerprint density at radius 1 is 1.38 bits per heavy atom. The fourth-order valence-electron chi connectivity index (χ4n) is 1.83. The second kappa shape index (κ2) is 5.92. The minimum atomic E-state index is 0.548. The summed E-state index contributed by atoms with van der Waals surface area (Å²) < 4.78 is 0.548. The molecule has 1 N–H and O–H groups in total. The van der Waals surface area contributed by atoms with Crippen LogP contribution in [0.1, 0.15) is 46.0 Å². The Balaban J connectivity index is 1.98. The largest absolute Gasteiger partial charge is 0.315 e. The van der Waals surface area contributed by atoms with Crippen LogP contribution in [0, 0.1) is 0 Å². The van der Waals surface area contributed by atoms with Crippen molar-refractivity contribution in [1.82, 2.24) is 5.32 Å². The van der Waals surface area contributed by atoms with E-state index in [0.29, 0.717) is 4.75 Å². The Morgan fingerprint density at radius 3 is 2.85 bits per heavy atom. The van der Waals surface area contributed by atoms with Gasteiger partial charge in [0.2, 0.25) is 0 Å². The van der Waals surface area contributed by atoms with Crippen LogP contribution in [0.5, 0.6) is 0 Å². The van der Waals surface area contributed by atoms with E-state index in [9.17, 15) is 0 Å².